The minimum Gasteiger partial charge on any atom is -0.422 e. The first kappa shape index (κ1) is 21.0. The molecule has 0 aliphatic rings. The van der Waals surface area contributed by atoms with E-state index in [1.807, 2.05) is 0 Å². The average Bonchev–Trinajstić information content (AvgIpc) is 2.65. The summed E-state index contributed by atoms with van der Waals surface area (Å²) in [6.07, 6.45) is 0.112. The van der Waals surface area contributed by atoms with E-state index in [0.717, 1.165) is 0 Å². The molecule has 0 atom stereocenters. The summed E-state index contributed by atoms with van der Waals surface area (Å²) < 4.78 is 33.4. The van der Waals surface area contributed by atoms with Crippen molar-refractivity contribution in [3.8, 4) is 0 Å². The first-order valence-electron chi connectivity index (χ1n) is 8.04. The minimum absolute atomic E-state index is 0.0709. The molecule has 6 nitrogen and oxygen atoms in total. The van der Waals surface area contributed by atoms with Gasteiger partial charge in [-0.3, -0.25) is 4.72 Å². The molecule has 1 heterocycles. The molecule has 0 amide bonds. The molecule has 0 saturated heterocycles. The smallest absolute Gasteiger partial charge is 0.340 e. The zero-order valence-electron chi connectivity index (χ0n) is 14.6. The quantitative estimate of drug-likeness (QED) is 0.423. The lowest BCUT2D eigenvalue weighted by molar-refractivity contribution is 0.550. The maximum Gasteiger partial charge on any atom is 0.340 e. The summed E-state index contributed by atoms with van der Waals surface area (Å²) in [5, 5.41) is 1.30. The number of hydrogen-bond donors (Lipinski definition) is 2. The predicted octanol–water partition coefficient (Wildman–Crippen LogP) is 4.31. The highest BCUT2D eigenvalue weighted by molar-refractivity contribution is 7.90. The van der Waals surface area contributed by atoms with Crippen molar-refractivity contribution in [3.05, 3.63) is 73.6 Å². The van der Waals surface area contributed by atoms with Crippen LogP contribution in [0.1, 0.15) is 16.7 Å². The molecule has 10 heteroatoms. The number of anilines is 1. The second-order valence-corrected chi connectivity index (χ2v) is 8.59. The van der Waals surface area contributed by atoms with Crippen LogP contribution >= 0.6 is 34.8 Å². The van der Waals surface area contributed by atoms with Gasteiger partial charge >= 0.3 is 5.63 Å². The highest BCUT2D eigenvalue weighted by Crippen LogP contribution is 2.31. The number of hydrogen-bond acceptors (Lipinski definition) is 4. The van der Waals surface area contributed by atoms with Crippen molar-refractivity contribution >= 4 is 61.7 Å². The van der Waals surface area contributed by atoms with Crippen LogP contribution in [0.25, 0.3) is 11.0 Å². The van der Waals surface area contributed by atoms with Crippen molar-refractivity contribution < 1.29 is 12.8 Å². The van der Waals surface area contributed by atoms with E-state index >= 15 is 0 Å². The monoisotopic (exact) mass is 460 g/mol. The fourth-order valence-electron chi connectivity index (χ4n) is 2.79. The number of fused-ring (bicyclic) bond motifs is 1. The number of rotatable bonds is 6. The number of benzene rings is 2. The zero-order valence-corrected chi connectivity index (χ0v) is 17.6. The Hall–Kier alpha value is -1.77. The molecule has 148 valence electrons. The largest absolute Gasteiger partial charge is 0.422 e. The molecule has 1 aromatic heterocycles. The molecule has 0 unspecified atom stereocenters. The lowest BCUT2D eigenvalue weighted by Crippen LogP contribution is -2.26. The molecule has 2 N–H and O–H groups in total. The van der Waals surface area contributed by atoms with Gasteiger partial charge in [-0.2, -0.15) is 8.42 Å². The van der Waals surface area contributed by atoms with Gasteiger partial charge in [0.15, 0.2) is 0 Å². The van der Waals surface area contributed by atoms with E-state index in [0.29, 0.717) is 32.7 Å². The van der Waals surface area contributed by atoms with E-state index in [-0.39, 0.29) is 23.0 Å². The Balaban J connectivity index is 2.11. The lowest BCUT2D eigenvalue weighted by Gasteiger charge is -2.13. The van der Waals surface area contributed by atoms with Crippen LogP contribution in [0, 0.1) is 0 Å². The van der Waals surface area contributed by atoms with Gasteiger partial charge in [-0.25, -0.2) is 9.52 Å². The third-order valence-electron chi connectivity index (χ3n) is 4.17. The molecular weight excluding hydrogens is 447 g/mol. The van der Waals surface area contributed by atoms with Gasteiger partial charge in [0.1, 0.15) is 5.58 Å². The van der Waals surface area contributed by atoms with Crippen LogP contribution in [0.5, 0.6) is 0 Å². The molecule has 0 fully saturated rings. The van der Waals surface area contributed by atoms with Crippen molar-refractivity contribution in [2.75, 3.05) is 11.8 Å². The van der Waals surface area contributed by atoms with Gasteiger partial charge in [0, 0.05) is 35.3 Å². The molecule has 0 aliphatic carbocycles. The standard InChI is InChI=1S/C18H15Cl3N2O4S/c1-22-28(25,26)23-15-4-2-3-10(17(15)21)7-13-14(9-19)12-8-11(20)5-6-16(12)27-18(13)24/h2-6,8,22-23H,7,9H2,1H3. The van der Waals surface area contributed by atoms with E-state index in [1.165, 1.54) is 13.1 Å². The summed E-state index contributed by atoms with van der Waals surface area (Å²) in [6, 6.07) is 9.76. The van der Waals surface area contributed by atoms with Gasteiger partial charge in [0.2, 0.25) is 0 Å². The molecule has 3 rings (SSSR count). The normalized spacial score (nSPS) is 11.7. The molecule has 28 heavy (non-hydrogen) atoms. The van der Waals surface area contributed by atoms with Gasteiger partial charge in [-0.1, -0.05) is 35.3 Å². The van der Waals surface area contributed by atoms with Gasteiger partial charge in [0.25, 0.3) is 10.2 Å². The summed E-state index contributed by atoms with van der Waals surface area (Å²) >= 11 is 18.6. The zero-order chi connectivity index (χ0) is 20.5. The maximum absolute atomic E-state index is 12.6. The second kappa shape index (κ2) is 8.31. The molecular formula is C18H15Cl3N2O4S. The average molecular weight is 462 g/mol. The van der Waals surface area contributed by atoms with Crippen molar-refractivity contribution in [1.29, 1.82) is 0 Å². The fourth-order valence-corrected chi connectivity index (χ4v) is 4.12. The first-order chi connectivity index (χ1) is 13.3. The van der Waals surface area contributed by atoms with Crippen LogP contribution in [0.2, 0.25) is 10.0 Å². The van der Waals surface area contributed by atoms with E-state index in [4.69, 9.17) is 39.2 Å². The summed E-state index contributed by atoms with van der Waals surface area (Å²) in [6.45, 7) is 0. The van der Waals surface area contributed by atoms with E-state index in [9.17, 15) is 13.2 Å². The molecule has 0 saturated carbocycles. The summed E-state index contributed by atoms with van der Waals surface area (Å²) in [5.41, 5.74) is 1.50. The Morgan fingerprint density at radius 1 is 1.11 bits per heavy atom. The fraction of sp³-hybridized carbons (Fsp3) is 0.167. The maximum atomic E-state index is 12.6. The lowest BCUT2D eigenvalue weighted by atomic mass is 9.99. The highest BCUT2D eigenvalue weighted by atomic mass is 35.5. The SMILES string of the molecule is CNS(=O)(=O)Nc1cccc(Cc2c(CCl)c3cc(Cl)ccc3oc2=O)c1Cl. The van der Waals surface area contributed by atoms with E-state index in [1.54, 1.807) is 30.3 Å². The Labute approximate surface area is 176 Å². The van der Waals surface area contributed by atoms with Gasteiger partial charge in [-0.05, 0) is 35.4 Å². The summed E-state index contributed by atoms with van der Waals surface area (Å²) in [4.78, 5) is 12.6. The number of halogens is 3. The highest BCUT2D eigenvalue weighted by Gasteiger charge is 2.18. The minimum atomic E-state index is -3.74. The summed E-state index contributed by atoms with van der Waals surface area (Å²) in [5.74, 6) is 0.0709. The van der Waals surface area contributed by atoms with Crippen LogP contribution < -0.4 is 15.1 Å². The van der Waals surface area contributed by atoms with E-state index in [2.05, 4.69) is 9.44 Å². The molecule has 0 bridgehead atoms. The van der Waals surface area contributed by atoms with Crippen LogP contribution in [0.15, 0.2) is 45.6 Å². The van der Waals surface area contributed by atoms with Crippen LogP contribution in [0.3, 0.4) is 0 Å². The van der Waals surface area contributed by atoms with Crippen LogP contribution in [-0.4, -0.2) is 15.5 Å². The van der Waals surface area contributed by atoms with E-state index < -0.39 is 15.8 Å². The van der Waals surface area contributed by atoms with Crippen molar-refractivity contribution in [3.63, 3.8) is 0 Å². The molecule has 0 spiro atoms. The van der Waals surface area contributed by atoms with Gasteiger partial charge in [-0.15, -0.1) is 11.6 Å². The first-order valence-corrected chi connectivity index (χ1v) is 10.8. The summed E-state index contributed by atoms with van der Waals surface area (Å²) in [7, 11) is -2.46. The molecule has 3 aromatic rings. The second-order valence-electron chi connectivity index (χ2n) is 5.89. The van der Waals surface area contributed by atoms with Gasteiger partial charge in [0.05, 0.1) is 10.7 Å². The Bertz CT molecular complexity index is 1210. The van der Waals surface area contributed by atoms with Crippen molar-refractivity contribution in [1.82, 2.24) is 4.72 Å². The Morgan fingerprint density at radius 3 is 2.54 bits per heavy atom. The van der Waals surface area contributed by atoms with Crippen LogP contribution in [0.4, 0.5) is 5.69 Å². The van der Waals surface area contributed by atoms with Gasteiger partial charge < -0.3 is 4.42 Å². The molecule has 0 aliphatic heterocycles. The van der Waals surface area contributed by atoms with Crippen LogP contribution in [-0.2, 0) is 22.5 Å². The Morgan fingerprint density at radius 2 is 1.86 bits per heavy atom. The van der Waals surface area contributed by atoms with Crippen molar-refractivity contribution in [2.45, 2.75) is 12.3 Å². The molecule has 2 aromatic carbocycles. The third-order valence-corrected chi connectivity index (χ3v) is 6.15. The number of nitrogens with one attached hydrogen (secondary N) is 2. The topological polar surface area (TPSA) is 88.4 Å². The number of alkyl halides is 1. The van der Waals surface area contributed by atoms with Crippen molar-refractivity contribution in [2.24, 2.45) is 0 Å². The predicted molar refractivity (Wildman–Crippen MR) is 113 cm³/mol. The third kappa shape index (κ3) is 4.29. The molecule has 0 radical (unpaired) electrons. The Kier molecular flexibility index (Phi) is 6.21.